The van der Waals surface area contributed by atoms with Crippen LogP contribution in [0.2, 0.25) is 10.0 Å². The average Bonchev–Trinajstić information content (AvgIpc) is 2.74. The van der Waals surface area contributed by atoms with Gasteiger partial charge in [0, 0.05) is 5.69 Å². The van der Waals surface area contributed by atoms with E-state index in [9.17, 15) is 26.4 Å². The van der Waals surface area contributed by atoms with Crippen molar-refractivity contribution < 1.29 is 26.4 Å². The van der Waals surface area contributed by atoms with Crippen LogP contribution in [0.15, 0.2) is 71.6 Å². The Morgan fingerprint density at radius 3 is 2.09 bits per heavy atom. The third kappa shape index (κ3) is 5.98. The minimum Gasteiger partial charge on any atom is -0.325 e. The maximum absolute atomic E-state index is 13.3. The van der Waals surface area contributed by atoms with Gasteiger partial charge in [-0.1, -0.05) is 40.9 Å². The molecular formula is C22H17Cl2F3N2O3S. The Labute approximate surface area is 198 Å². The summed E-state index contributed by atoms with van der Waals surface area (Å²) in [4.78, 5) is 12.6. The van der Waals surface area contributed by atoms with Crippen LogP contribution >= 0.6 is 23.2 Å². The van der Waals surface area contributed by atoms with Crippen LogP contribution in [0.3, 0.4) is 0 Å². The smallest absolute Gasteiger partial charge is 0.325 e. The number of carbonyl (C=O) groups is 1. The van der Waals surface area contributed by atoms with Gasteiger partial charge in [0.2, 0.25) is 5.91 Å². The molecule has 0 radical (unpaired) electrons. The second-order valence-electron chi connectivity index (χ2n) is 7.05. The number of sulfonamides is 1. The number of nitrogens with one attached hydrogen (secondary N) is 1. The van der Waals surface area contributed by atoms with E-state index in [4.69, 9.17) is 23.2 Å². The summed E-state index contributed by atoms with van der Waals surface area (Å²) >= 11 is 12.0. The van der Waals surface area contributed by atoms with Gasteiger partial charge in [-0.15, -0.1) is 0 Å². The Morgan fingerprint density at radius 2 is 1.55 bits per heavy atom. The number of benzene rings is 3. The van der Waals surface area contributed by atoms with E-state index in [0.29, 0.717) is 0 Å². The summed E-state index contributed by atoms with van der Waals surface area (Å²) in [6, 6.07) is 13.9. The van der Waals surface area contributed by atoms with Gasteiger partial charge in [0.1, 0.15) is 6.54 Å². The predicted octanol–water partition coefficient (Wildman–Crippen LogP) is 6.15. The third-order valence-electron chi connectivity index (χ3n) is 4.58. The van der Waals surface area contributed by atoms with Crippen molar-refractivity contribution in [3.63, 3.8) is 0 Å². The lowest BCUT2D eigenvalue weighted by molar-refractivity contribution is -0.137. The molecule has 1 amide bonds. The molecule has 1 N–H and O–H groups in total. The van der Waals surface area contributed by atoms with Crippen LogP contribution in [0.5, 0.6) is 0 Å². The van der Waals surface area contributed by atoms with Crippen molar-refractivity contribution in [2.24, 2.45) is 0 Å². The van der Waals surface area contributed by atoms with Gasteiger partial charge in [-0.25, -0.2) is 8.42 Å². The molecule has 0 aliphatic heterocycles. The van der Waals surface area contributed by atoms with E-state index < -0.39 is 34.2 Å². The quantitative estimate of drug-likeness (QED) is 0.426. The number of rotatable bonds is 6. The van der Waals surface area contributed by atoms with E-state index in [2.05, 4.69) is 5.32 Å². The van der Waals surface area contributed by atoms with Crippen molar-refractivity contribution in [2.45, 2.75) is 18.0 Å². The molecule has 0 unspecified atom stereocenters. The largest absolute Gasteiger partial charge is 0.416 e. The number of halogens is 5. The molecular weight excluding hydrogens is 500 g/mol. The second-order valence-corrected chi connectivity index (χ2v) is 9.72. The number of amides is 1. The predicted molar refractivity (Wildman–Crippen MR) is 122 cm³/mol. The molecule has 0 aliphatic rings. The van der Waals surface area contributed by atoms with Gasteiger partial charge < -0.3 is 5.32 Å². The fourth-order valence-electron chi connectivity index (χ4n) is 2.87. The van der Waals surface area contributed by atoms with Crippen LogP contribution in [0, 0.1) is 6.92 Å². The van der Waals surface area contributed by atoms with Gasteiger partial charge in [-0.3, -0.25) is 9.10 Å². The number of nitrogens with zero attached hydrogens (tertiary/aromatic N) is 1. The molecule has 11 heteroatoms. The molecule has 0 aromatic heterocycles. The van der Waals surface area contributed by atoms with Crippen LogP contribution in [-0.2, 0) is 21.0 Å². The van der Waals surface area contributed by atoms with E-state index >= 15 is 0 Å². The Bertz CT molecular complexity index is 1260. The fraction of sp³-hybridized carbons (Fsp3) is 0.136. The third-order valence-corrected chi connectivity index (χ3v) is 7.11. The first kappa shape index (κ1) is 24.9. The van der Waals surface area contributed by atoms with E-state index in [1.807, 2.05) is 0 Å². The molecule has 174 valence electrons. The highest BCUT2D eigenvalue weighted by molar-refractivity contribution is 7.92. The Hall–Kier alpha value is -2.75. The molecule has 33 heavy (non-hydrogen) atoms. The Balaban J connectivity index is 1.91. The Kier molecular flexibility index (Phi) is 7.26. The molecule has 5 nitrogen and oxygen atoms in total. The highest BCUT2D eigenvalue weighted by Crippen LogP contribution is 2.31. The first-order valence-electron chi connectivity index (χ1n) is 9.39. The molecule has 0 fully saturated rings. The molecule has 0 saturated carbocycles. The molecule has 0 heterocycles. The van der Waals surface area contributed by atoms with Crippen LogP contribution in [0.1, 0.15) is 11.1 Å². The number of alkyl halides is 3. The summed E-state index contributed by atoms with van der Waals surface area (Å²) < 4.78 is 65.7. The minimum atomic E-state index is -4.52. The Morgan fingerprint density at radius 1 is 0.939 bits per heavy atom. The zero-order chi connectivity index (χ0) is 24.4. The summed E-state index contributed by atoms with van der Waals surface area (Å²) in [6.07, 6.45) is -4.52. The summed E-state index contributed by atoms with van der Waals surface area (Å²) in [6.45, 7) is 1.14. The first-order valence-corrected chi connectivity index (χ1v) is 11.6. The van der Waals surface area contributed by atoms with Gasteiger partial charge in [-0.05, 0) is 61.5 Å². The molecule has 3 aromatic rings. The van der Waals surface area contributed by atoms with Crippen LogP contribution in [0.25, 0.3) is 0 Å². The van der Waals surface area contributed by atoms with Crippen LogP contribution < -0.4 is 9.62 Å². The van der Waals surface area contributed by atoms with Crippen molar-refractivity contribution in [3.05, 3.63) is 87.9 Å². The van der Waals surface area contributed by atoms with Crippen molar-refractivity contribution in [2.75, 3.05) is 16.2 Å². The summed E-state index contributed by atoms with van der Waals surface area (Å²) in [5.41, 5.74) is 0.136. The molecule has 0 bridgehead atoms. The maximum Gasteiger partial charge on any atom is 0.416 e. The van der Waals surface area contributed by atoms with Gasteiger partial charge in [0.05, 0.1) is 26.2 Å². The molecule has 0 saturated heterocycles. The van der Waals surface area contributed by atoms with Gasteiger partial charge in [-0.2, -0.15) is 13.2 Å². The van der Waals surface area contributed by atoms with Crippen LogP contribution in [0.4, 0.5) is 24.5 Å². The lowest BCUT2D eigenvalue weighted by Gasteiger charge is -2.24. The number of aryl methyl sites for hydroxylation is 1. The van der Waals surface area contributed by atoms with Crippen molar-refractivity contribution in [1.29, 1.82) is 0 Å². The maximum atomic E-state index is 13.3. The zero-order valence-corrected chi connectivity index (χ0v) is 19.4. The highest BCUT2D eigenvalue weighted by atomic mass is 35.5. The van der Waals surface area contributed by atoms with Gasteiger partial charge in [0.25, 0.3) is 10.0 Å². The number of carbonyl (C=O) groups excluding carboxylic acids is 1. The van der Waals surface area contributed by atoms with Crippen molar-refractivity contribution >= 4 is 50.5 Å². The topological polar surface area (TPSA) is 66.5 Å². The highest BCUT2D eigenvalue weighted by Gasteiger charge is 2.30. The van der Waals surface area contributed by atoms with E-state index in [1.54, 1.807) is 19.1 Å². The van der Waals surface area contributed by atoms with E-state index in [0.717, 1.165) is 34.1 Å². The number of hydrogen-bond donors (Lipinski definition) is 1. The number of anilines is 2. The van der Waals surface area contributed by atoms with Crippen molar-refractivity contribution in [3.8, 4) is 0 Å². The van der Waals surface area contributed by atoms with Crippen molar-refractivity contribution in [1.82, 2.24) is 0 Å². The molecule has 0 atom stereocenters. The average molecular weight is 517 g/mol. The lowest BCUT2D eigenvalue weighted by atomic mass is 10.2. The second kappa shape index (κ2) is 9.62. The summed E-state index contributed by atoms with van der Waals surface area (Å²) in [7, 11) is -4.19. The lowest BCUT2D eigenvalue weighted by Crippen LogP contribution is -2.38. The zero-order valence-electron chi connectivity index (χ0n) is 17.0. The fourth-order valence-corrected chi connectivity index (χ4v) is 4.57. The van der Waals surface area contributed by atoms with E-state index in [-0.39, 0.29) is 26.3 Å². The molecule has 0 spiro atoms. The molecule has 3 aromatic carbocycles. The van der Waals surface area contributed by atoms with E-state index in [1.165, 1.54) is 30.3 Å². The minimum absolute atomic E-state index is 0.0542. The standard InChI is InChI=1S/C22H17Cl2F3N2O3S/c1-14-2-9-18(10-3-14)33(31,32)29(17-8-11-19(23)20(24)12-17)13-21(30)28-16-6-4-15(5-7-16)22(25,26)27/h2-12H,13H2,1H3,(H,28,30). The SMILES string of the molecule is Cc1ccc(S(=O)(=O)N(CC(=O)Nc2ccc(C(F)(F)F)cc2)c2ccc(Cl)c(Cl)c2)cc1. The number of hydrogen-bond acceptors (Lipinski definition) is 3. The molecule has 3 rings (SSSR count). The monoisotopic (exact) mass is 516 g/mol. The normalized spacial score (nSPS) is 11.8. The summed E-state index contributed by atoms with van der Waals surface area (Å²) in [5, 5.41) is 2.69. The first-order chi connectivity index (χ1) is 15.4. The van der Waals surface area contributed by atoms with Crippen LogP contribution in [-0.4, -0.2) is 20.9 Å². The van der Waals surface area contributed by atoms with Gasteiger partial charge in [0.15, 0.2) is 0 Å². The summed E-state index contributed by atoms with van der Waals surface area (Å²) in [5.74, 6) is -0.767. The van der Waals surface area contributed by atoms with Gasteiger partial charge >= 0.3 is 6.18 Å². The molecule has 0 aliphatic carbocycles.